The lowest BCUT2D eigenvalue weighted by Crippen LogP contribution is -2.48. The van der Waals surface area contributed by atoms with E-state index in [1.165, 1.54) is 5.56 Å². The van der Waals surface area contributed by atoms with Crippen molar-refractivity contribution in [2.24, 2.45) is 0 Å². The predicted octanol–water partition coefficient (Wildman–Crippen LogP) is 2.05. The first kappa shape index (κ1) is 13.9. The highest BCUT2D eigenvalue weighted by atomic mass is 16.5. The van der Waals surface area contributed by atoms with E-state index in [0.717, 1.165) is 12.8 Å². The molecule has 1 saturated heterocycles. The van der Waals surface area contributed by atoms with Gasteiger partial charge in [0.15, 0.2) is 0 Å². The molecule has 1 aromatic carbocycles. The first-order valence-electron chi connectivity index (χ1n) is 6.93. The Hall–Kier alpha value is -1.55. The molecule has 0 aliphatic carbocycles. The van der Waals surface area contributed by atoms with Gasteiger partial charge in [-0.25, -0.2) is 4.79 Å². The zero-order chi connectivity index (χ0) is 13.5. The summed E-state index contributed by atoms with van der Waals surface area (Å²) in [4.78, 5) is 13.8. The molecule has 2 rings (SSSR count). The van der Waals surface area contributed by atoms with Gasteiger partial charge in [-0.2, -0.15) is 0 Å². The fourth-order valence-electron chi connectivity index (χ4n) is 2.17. The van der Waals surface area contributed by atoms with Gasteiger partial charge in [-0.05, 0) is 25.3 Å². The summed E-state index contributed by atoms with van der Waals surface area (Å²) in [6, 6.07) is 10.6. The standard InChI is InChI=1S/C15H22N2O2/c1-13(7-8-14-5-3-2-4-6-14)16-15(18)17-9-11-19-12-10-17/h2-6,13H,7-12H2,1H3,(H,16,18)/t13-/m0/s1. The number of amides is 2. The zero-order valence-corrected chi connectivity index (χ0v) is 11.5. The largest absolute Gasteiger partial charge is 0.378 e. The van der Waals surface area contributed by atoms with Crippen LogP contribution in [0.15, 0.2) is 30.3 Å². The minimum Gasteiger partial charge on any atom is -0.378 e. The van der Waals surface area contributed by atoms with Gasteiger partial charge in [-0.15, -0.1) is 0 Å². The predicted molar refractivity (Wildman–Crippen MR) is 75.1 cm³/mol. The highest BCUT2D eigenvalue weighted by molar-refractivity contribution is 5.74. The van der Waals surface area contributed by atoms with Crippen molar-refractivity contribution < 1.29 is 9.53 Å². The Morgan fingerprint density at radius 2 is 2.00 bits per heavy atom. The summed E-state index contributed by atoms with van der Waals surface area (Å²) in [6.45, 7) is 4.73. The molecule has 19 heavy (non-hydrogen) atoms. The number of ether oxygens (including phenoxy) is 1. The Morgan fingerprint density at radius 3 is 2.68 bits per heavy atom. The Bertz CT molecular complexity index is 388. The molecule has 1 atom stereocenters. The highest BCUT2D eigenvalue weighted by Gasteiger charge is 2.17. The number of benzene rings is 1. The summed E-state index contributed by atoms with van der Waals surface area (Å²) in [7, 11) is 0. The van der Waals surface area contributed by atoms with Crippen LogP contribution in [0.4, 0.5) is 4.79 Å². The van der Waals surface area contributed by atoms with E-state index in [-0.39, 0.29) is 12.1 Å². The van der Waals surface area contributed by atoms with Crippen molar-refractivity contribution in [2.45, 2.75) is 25.8 Å². The molecule has 2 amide bonds. The normalized spacial score (nSPS) is 17.0. The summed E-state index contributed by atoms with van der Waals surface area (Å²) in [6.07, 6.45) is 1.95. The van der Waals surface area contributed by atoms with E-state index in [9.17, 15) is 4.79 Å². The molecule has 0 saturated carbocycles. The van der Waals surface area contributed by atoms with Crippen LogP contribution >= 0.6 is 0 Å². The molecule has 4 heteroatoms. The Morgan fingerprint density at radius 1 is 1.32 bits per heavy atom. The third-order valence-corrected chi connectivity index (χ3v) is 3.38. The number of morpholine rings is 1. The topological polar surface area (TPSA) is 41.6 Å². The number of nitrogens with zero attached hydrogens (tertiary/aromatic N) is 1. The molecule has 1 aliphatic heterocycles. The van der Waals surface area contributed by atoms with Crippen molar-refractivity contribution in [3.63, 3.8) is 0 Å². The average Bonchev–Trinajstić information content (AvgIpc) is 2.47. The molecule has 1 N–H and O–H groups in total. The molecule has 0 aromatic heterocycles. The number of carbonyl (C=O) groups is 1. The third kappa shape index (κ3) is 4.56. The molecule has 4 nitrogen and oxygen atoms in total. The monoisotopic (exact) mass is 262 g/mol. The van der Waals surface area contributed by atoms with Crippen LogP contribution in [-0.4, -0.2) is 43.3 Å². The van der Waals surface area contributed by atoms with E-state index < -0.39 is 0 Å². The molecule has 1 heterocycles. The van der Waals surface area contributed by atoms with Crippen LogP contribution in [0, 0.1) is 0 Å². The van der Waals surface area contributed by atoms with Crippen molar-refractivity contribution in [1.82, 2.24) is 10.2 Å². The highest BCUT2D eigenvalue weighted by Crippen LogP contribution is 2.05. The molecule has 1 aliphatic rings. The Balaban J connectivity index is 1.71. The number of hydrogen-bond donors (Lipinski definition) is 1. The second-order valence-electron chi connectivity index (χ2n) is 4.97. The maximum atomic E-state index is 12.0. The minimum absolute atomic E-state index is 0.0314. The molecule has 104 valence electrons. The van der Waals surface area contributed by atoms with Gasteiger partial charge in [0.2, 0.25) is 0 Å². The second-order valence-corrected chi connectivity index (χ2v) is 4.97. The number of hydrogen-bond acceptors (Lipinski definition) is 2. The van der Waals surface area contributed by atoms with Crippen molar-refractivity contribution in [3.8, 4) is 0 Å². The summed E-state index contributed by atoms with van der Waals surface area (Å²) in [5.74, 6) is 0. The first-order chi connectivity index (χ1) is 9.25. The molecule has 0 spiro atoms. The molecule has 0 radical (unpaired) electrons. The molecular weight excluding hydrogens is 240 g/mol. The SMILES string of the molecule is C[C@@H](CCc1ccccc1)NC(=O)N1CCOCC1. The second kappa shape index (κ2) is 7.14. The lowest BCUT2D eigenvalue weighted by Gasteiger charge is -2.28. The Labute approximate surface area is 114 Å². The summed E-state index contributed by atoms with van der Waals surface area (Å²) >= 11 is 0. The van der Waals surface area contributed by atoms with E-state index >= 15 is 0 Å². The van der Waals surface area contributed by atoms with Crippen molar-refractivity contribution >= 4 is 6.03 Å². The average molecular weight is 262 g/mol. The molecule has 1 fully saturated rings. The molecule has 1 aromatic rings. The lowest BCUT2D eigenvalue weighted by molar-refractivity contribution is 0.0526. The van der Waals surface area contributed by atoms with Crippen LogP contribution in [0.3, 0.4) is 0 Å². The molecule has 0 unspecified atom stereocenters. The van der Waals surface area contributed by atoms with Gasteiger partial charge in [-0.1, -0.05) is 30.3 Å². The summed E-state index contributed by atoms with van der Waals surface area (Å²) in [5.41, 5.74) is 1.31. The maximum absolute atomic E-state index is 12.0. The van der Waals surface area contributed by atoms with E-state index in [4.69, 9.17) is 4.74 Å². The van der Waals surface area contributed by atoms with E-state index in [0.29, 0.717) is 26.3 Å². The van der Waals surface area contributed by atoms with Crippen molar-refractivity contribution in [2.75, 3.05) is 26.3 Å². The van der Waals surface area contributed by atoms with Crippen LogP contribution in [0.1, 0.15) is 18.9 Å². The van der Waals surface area contributed by atoms with Crippen LogP contribution in [0.5, 0.6) is 0 Å². The quantitative estimate of drug-likeness (QED) is 0.902. The Kier molecular flexibility index (Phi) is 5.21. The number of aryl methyl sites for hydroxylation is 1. The number of carbonyl (C=O) groups excluding carboxylic acids is 1. The third-order valence-electron chi connectivity index (χ3n) is 3.38. The van der Waals surface area contributed by atoms with E-state index in [1.807, 2.05) is 23.1 Å². The number of rotatable bonds is 4. The van der Waals surface area contributed by atoms with Gasteiger partial charge in [0, 0.05) is 19.1 Å². The number of urea groups is 1. The van der Waals surface area contributed by atoms with Gasteiger partial charge in [0.25, 0.3) is 0 Å². The maximum Gasteiger partial charge on any atom is 0.317 e. The molecular formula is C15H22N2O2. The van der Waals surface area contributed by atoms with Gasteiger partial charge in [0.05, 0.1) is 13.2 Å². The fourth-order valence-corrected chi connectivity index (χ4v) is 2.17. The fraction of sp³-hybridized carbons (Fsp3) is 0.533. The summed E-state index contributed by atoms with van der Waals surface area (Å²) < 4.78 is 5.24. The lowest BCUT2D eigenvalue weighted by atomic mass is 10.1. The zero-order valence-electron chi connectivity index (χ0n) is 11.5. The van der Waals surface area contributed by atoms with Gasteiger partial charge >= 0.3 is 6.03 Å². The molecule has 0 bridgehead atoms. The van der Waals surface area contributed by atoms with Gasteiger partial charge in [-0.3, -0.25) is 0 Å². The van der Waals surface area contributed by atoms with E-state index in [2.05, 4.69) is 24.4 Å². The van der Waals surface area contributed by atoms with Gasteiger partial charge < -0.3 is 15.0 Å². The van der Waals surface area contributed by atoms with Crippen molar-refractivity contribution in [3.05, 3.63) is 35.9 Å². The smallest absolute Gasteiger partial charge is 0.317 e. The van der Waals surface area contributed by atoms with Crippen LogP contribution in [0.2, 0.25) is 0 Å². The first-order valence-corrected chi connectivity index (χ1v) is 6.93. The minimum atomic E-state index is 0.0314. The van der Waals surface area contributed by atoms with E-state index in [1.54, 1.807) is 0 Å². The summed E-state index contributed by atoms with van der Waals surface area (Å²) in [5, 5.41) is 3.05. The van der Waals surface area contributed by atoms with Crippen molar-refractivity contribution in [1.29, 1.82) is 0 Å². The van der Waals surface area contributed by atoms with Gasteiger partial charge in [0.1, 0.15) is 0 Å². The van der Waals surface area contributed by atoms with Crippen LogP contribution < -0.4 is 5.32 Å². The van der Waals surface area contributed by atoms with Crippen LogP contribution in [-0.2, 0) is 11.2 Å². The van der Waals surface area contributed by atoms with Crippen LogP contribution in [0.25, 0.3) is 0 Å². The number of nitrogens with one attached hydrogen (secondary N) is 1.